The van der Waals surface area contributed by atoms with Crippen molar-refractivity contribution >= 4 is 17.5 Å². The molecule has 1 aliphatic heterocycles. The fourth-order valence-electron chi connectivity index (χ4n) is 7.59. The second-order valence-electron chi connectivity index (χ2n) is 13.1. The SMILES string of the molecule is CC1=CC=C2C(C=C1)C(=O)N(CC1CCC(C(=O)C3CCCC(CC(=O)C4CCC4)CCC3)CC1)CN2C. The molecule has 4 aliphatic carbocycles. The van der Waals surface area contributed by atoms with Crippen LogP contribution in [0.25, 0.3) is 0 Å². The monoisotopic (exact) mass is 520 g/mol. The summed E-state index contributed by atoms with van der Waals surface area (Å²) in [6, 6.07) is 0. The Morgan fingerprint density at radius 3 is 2.11 bits per heavy atom. The predicted octanol–water partition coefficient (Wildman–Crippen LogP) is 6.46. The van der Waals surface area contributed by atoms with Gasteiger partial charge in [0.1, 0.15) is 11.6 Å². The van der Waals surface area contributed by atoms with E-state index in [0.717, 1.165) is 95.7 Å². The maximum absolute atomic E-state index is 13.5. The summed E-state index contributed by atoms with van der Waals surface area (Å²) in [6.07, 6.45) is 23.1. The molecule has 5 aliphatic rings. The van der Waals surface area contributed by atoms with Gasteiger partial charge in [0.05, 0.1) is 12.6 Å². The normalized spacial score (nSPS) is 32.8. The van der Waals surface area contributed by atoms with Crippen LogP contribution < -0.4 is 0 Å². The molecule has 0 bridgehead atoms. The van der Waals surface area contributed by atoms with Crippen LogP contribution >= 0.6 is 0 Å². The number of carbonyl (C=O) groups excluding carboxylic acids is 3. The van der Waals surface area contributed by atoms with E-state index in [1.807, 2.05) is 4.90 Å². The second-order valence-corrected chi connectivity index (χ2v) is 13.1. The number of rotatable bonds is 7. The Bertz CT molecular complexity index is 972. The van der Waals surface area contributed by atoms with E-state index in [1.54, 1.807) is 0 Å². The first-order valence-electron chi connectivity index (χ1n) is 15.5. The van der Waals surface area contributed by atoms with Gasteiger partial charge in [-0.3, -0.25) is 14.4 Å². The van der Waals surface area contributed by atoms with E-state index in [0.29, 0.717) is 36.0 Å². The number of carbonyl (C=O) groups is 3. The van der Waals surface area contributed by atoms with E-state index < -0.39 is 0 Å². The summed E-state index contributed by atoms with van der Waals surface area (Å²) in [7, 11) is 2.08. The maximum Gasteiger partial charge on any atom is 0.236 e. The van der Waals surface area contributed by atoms with Crippen molar-refractivity contribution < 1.29 is 14.4 Å². The lowest BCUT2D eigenvalue weighted by atomic mass is 9.73. The number of hydrogen-bond acceptors (Lipinski definition) is 4. The van der Waals surface area contributed by atoms with E-state index >= 15 is 0 Å². The van der Waals surface area contributed by atoms with E-state index in [1.165, 1.54) is 12.0 Å². The van der Waals surface area contributed by atoms with Crippen molar-refractivity contribution in [2.24, 2.45) is 35.5 Å². The number of hydrogen-bond donors (Lipinski definition) is 0. The van der Waals surface area contributed by atoms with Crippen LogP contribution in [0.1, 0.15) is 96.8 Å². The van der Waals surface area contributed by atoms with E-state index in [4.69, 9.17) is 0 Å². The van der Waals surface area contributed by atoms with Crippen molar-refractivity contribution in [3.05, 3.63) is 35.6 Å². The first-order valence-corrected chi connectivity index (χ1v) is 15.5. The maximum atomic E-state index is 13.5. The lowest BCUT2D eigenvalue weighted by Gasteiger charge is -2.42. The summed E-state index contributed by atoms with van der Waals surface area (Å²) < 4.78 is 0. The minimum Gasteiger partial charge on any atom is -0.359 e. The number of Topliss-reactive ketones (excluding diaryl/α,β-unsaturated/α-hetero) is 2. The molecule has 5 rings (SSSR count). The number of nitrogens with zero attached hydrogens (tertiary/aromatic N) is 2. The minimum atomic E-state index is -0.185. The predicted molar refractivity (Wildman–Crippen MR) is 151 cm³/mol. The summed E-state index contributed by atoms with van der Waals surface area (Å²) in [6.45, 7) is 3.52. The molecule has 0 spiro atoms. The quantitative estimate of drug-likeness (QED) is 0.387. The third-order valence-electron chi connectivity index (χ3n) is 10.3. The zero-order valence-corrected chi connectivity index (χ0v) is 23.7. The van der Waals surface area contributed by atoms with Crippen LogP contribution in [0.5, 0.6) is 0 Å². The molecule has 1 heterocycles. The van der Waals surface area contributed by atoms with Crippen molar-refractivity contribution in [2.75, 3.05) is 20.3 Å². The molecule has 5 nitrogen and oxygen atoms in total. The second kappa shape index (κ2) is 12.3. The summed E-state index contributed by atoms with van der Waals surface area (Å²) in [5.74, 6) is 2.89. The molecule has 0 aromatic carbocycles. The van der Waals surface area contributed by atoms with Gasteiger partial charge in [-0.1, -0.05) is 55.9 Å². The summed E-state index contributed by atoms with van der Waals surface area (Å²) in [5, 5.41) is 0. The van der Waals surface area contributed by atoms with Gasteiger partial charge in [-0.25, -0.2) is 0 Å². The Morgan fingerprint density at radius 1 is 0.816 bits per heavy atom. The summed E-state index contributed by atoms with van der Waals surface area (Å²) in [5.41, 5.74) is 2.26. The molecule has 3 saturated carbocycles. The topological polar surface area (TPSA) is 57.7 Å². The number of amides is 1. The molecule has 0 aromatic heterocycles. The molecular weight excluding hydrogens is 472 g/mol. The van der Waals surface area contributed by atoms with E-state index in [-0.39, 0.29) is 23.7 Å². The smallest absolute Gasteiger partial charge is 0.236 e. The number of ketones is 2. The first kappa shape index (κ1) is 27.4. The highest BCUT2D eigenvalue weighted by molar-refractivity contribution is 5.85. The fourth-order valence-corrected chi connectivity index (χ4v) is 7.59. The van der Waals surface area contributed by atoms with Gasteiger partial charge < -0.3 is 9.80 Å². The molecular formula is C33H48N2O3. The van der Waals surface area contributed by atoms with Gasteiger partial charge in [-0.2, -0.15) is 0 Å². The highest BCUT2D eigenvalue weighted by Gasteiger charge is 2.37. The molecule has 208 valence electrons. The third-order valence-corrected chi connectivity index (χ3v) is 10.3. The Labute approximate surface area is 229 Å². The van der Waals surface area contributed by atoms with Gasteiger partial charge >= 0.3 is 0 Å². The van der Waals surface area contributed by atoms with Crippen molar-refractivity contribution in [2.45, 2.75) is 96.8 Å². The van der Waals surface area contributed by atoms with Crippen LogP contribution in [0.3, 0.4) is 0 Å². The Morgan fingerprint density at radius 2 is 1.45 bits per heavy atom. The summed E-state index contributed by atoms with van der Waals surface area (Å²) >= 11 is 0. The highest BCUT2D eigenvalue weighted by atomic mass is 16.2. The highest BCUT2D eigenvalue weighted by Crippen LogP contribution is 2.38. The molecule has 1 unspecified atom stereocenters. The zero-order chi connectivity index (χ0) is 26.6. The Balaban J connectivity index is 1.06. The molecule has 4 fully saturated rings. The third kappa shape index (κ3) is 6.34. The Kier molecular flexibility index (Phi) is 8.90. The van der Waals surface area contributed by atoms with Crippen molar-refractivity contribution in [3.63, 3.8) is 0 Å². The van der Waals surface area contributed by atoms with Crippen molar-refractivity contribution in [3.8, 4) is 0 Å². The number of fused-ring (bicyclic) bond motifs is 1. The van der Waals surface area contributed by atoms with Gasteiger partial charge in [0.15, 0.2) is 0 Å². The van der Waals surface area contributed by atoms with Crippen LogP contribution in [0.4, 0.5) is 0 Å². The molecule has 38 heavy (non-hydrogen) atoms. The van der Waals surface area contributed by atoms with Crippen LogP contribution in [-0.2, 0) is 14.4 Å². The van der Waals surface area contributed by atoms with Crippen LogP contribution in [0.15, 0.2) is 35.6 Å². The van der Waals surface area contributed by atoms with Crippen molar-refractivity contribution in [1.29, 1.82) is 0 Å². The average molecular weight is 521 g/mol. The lowest BCUT2D eigenvalue weighted by molar-refractivity contribution is -0.139. The molecule has 5 heteroatoms. The molecule has 1 saturated heterocycles. The van der Waals surface area contributed by atoms with Crippen LogP contribution in [0.2, 0.25) is 0 Å². The zero-order valence-electron chi connectivity index (χ0n) is 23.7. The lowest BCUT2D eigenvalue weighted by Crippen LogP contribution is -2.51. The minimum absolute atomic E-state index is 0.185. The fraction of sp³-hybridized carbons (Fsp3) is 0.727. The van der Waals surface area contributed by atoms with Gasteiger partial charge in [-0.15, -0.1) is 0 Å². The van der Waals surface area contributed by atoms with Gasteiger partial charge in [0.2, 0.25) is 5.91 Å². The molecule has 1 amide bonds. The largest absolute Gasteiger partial charge is 0.359 e. The average Bonchev–Trinajstić information content (AvgIpc) is 3.05. The van der Waals surface area contributed by atoms with E-state index in [2.05, 4.69) is 43.2 Å². The first-order chi connectivity index (χ1) is 18.4. The standard InChI is InChI=1S/C33H48N2O3/c1-23-12-18-29-30(19-13-23)34(2)22-35(33(29)38)21-25-14-16-28(17-15-25)32(37)27-10-3-6-24(7-4-11-27)20-31(36)26-8-5-9-26/h12-13,18-19,24-29H,3-11,14-17,20-22H2,1-2H3. The molecule has 0 radical (unpaired) electrons. The molecule has 0 aromatic rings. The molecule has 0 N–H and O–H groups in total. The summed E-state index contributed by atoms with van der Waals surface area (Å²) in [4.78, 5) is 43.5. The Hall–Kier alpha value is -2.17. The van der Waals surface area contributed by atoms with Crippen LogP contribution in [0, 0.1) is 35.5 Å². The van der Waals surface area contributed by atoms with Crippen molar-refractivity contribution in [1.82, 2.24) is 9.80 Å². The number of allylic oxidation sites excluding steroid dienone is 4. The van der Waals surface area contributed by atoms with Gasteiger partial charge in [-0.05, 0) is 76.2 Å². The van der Waals surface area contributed by atoms with Gasteiger partial charge in [0.25, 0.3) is 0 Å². The van der Waals surface area contributed by atoms with Crippen LogP contribution in [-0.4, -0.2) is 47.5 Å². The molecule has 1 atom stereocenters. The van der Waals surface area contributed by atoms with E-state index in [9.17, 15) is 14.4 Å². The van der Waals surface area contributed by atoms with Gasteiger partial charge in [0, 0.05) is 43.5 Å².